The van der Waals surface area contributed by atoms with Crippen LogP contribution in [-0.4, -0.2) is 11.8 Å². The number of amides is 2. The van der Waals surface area contributed by atoms with Crippen LogP contribution in [0.4, 0.5) is 4.79 Å². The summed E-state index contributed by atoms with van der Waals surface area (Å²) in [5.41, 5.74) is 6.08. The molecule has 0 saturated heterocycles. The number of hydrazine groups is 1. The SMILES string of the molecule is CC(C)=O.NNC(N)=O. The maximum absolute atomic E-state index is 9.44. The summed E-state index contributed by atoms with van der Waals surface area (Å²) in [6.45, 7) is 3.06. The first-order chi connectivity index (χ1) is 4.00. The van der Waals surface area contributed by atoms with E-state index in [1.807, 2.05) is 0 Å². The minimum Gasteiger partial charge on any atom is -0.351 e. The highest BCUT2D eigenvalue weighted by Gasteiger charge is 1.73. The van der Waals surface area contributed by atoms with Gasteiger partial charge in [0.15, 0.2) is 0 Å². The zero-order chi connectivity index (χ0) is 7.86. The molecular formula is C4H11N3O2. The number of rotatable bonds is 0. The van der Waals surface area contributed by atoms with E-state index in [-0.39, 0.29) is 5.78 Å². The fourth-order valence-corrected chi connectivity index (χ4v) is 0. The molecule has 0 aromatic heterocycles. The van der Waals surface area contributed by atoms with Gasteiger partial charge in [0.2, 0.25) is 0 Å². The fourth-order valence-electron chi connectivity index (χ4n) is 0. The molecule has 2 amide bonds. The summed E-state index contributed by atoms with van der Waals surface area (Å²) < 4.78 is 0. The Hall–Kier alpha value is -1.10. The van der Waals surface area contributed by atoms with Gasteiger partial charge in [-0.15, -0.1) is 0 Å². The highest BCUT2D eigenvalue weighted by atomic mass is 16.2. The van der Waals surface area contributed by atoms with Crippen LogP contribution in [0.5, 0.6) is 0 Å². The zero-order valence-electron chi connectivity index (χ0n) is 5.47. The minimum atomic E-state index is -0.718. The molecule has 0 aliphatic carbocycles. The Morgan fingerprint density at radius 3 is 1.44 bits per heavy atom. The van der Waals surface area contributed by atoms with Crippen LogP contribution in [0, 0.1) is 0 Å². The number of nitrogens with two attached hydrogens (primary N) is 2. The average Bonchev–Trinajstić information content (AvgIpc) is 1.65. The molecule has 0 unspecified atom stereocenters. The maximum atomic E-state index is 9.44. The topological polar surface area (TPSA) is 98.2 Å². The van der Waals surface area contributed by atoms with Crippen molar-refractivity contribution in [1.82, 2.24) is 5.43 Å². The number of hydrogen-bond acceptors (Lipinski definition) is 3. The summed E-state index contributed by atoms with van der Waals surface area (Å²) in [4.78, 5) is 18.8. The summed E-state index contributed by atoms with van der Waals surface area (Å²) in [6, 6.07) is -0.718. The standard InChI is InChI=1S/C3H6O.CH5N3O/c1-3(2)4;2-1(5)4-3/h1-2H3;3H2,(H3,2,4,5). The molecule has 0 rings (SSSR count). The second-order valence-corrected chi connectivity index (χ2v) is 1.42. The van der Waals surface area contributed by atoms with E-state index < -0.39 is 6.03 Å². The summed E-state index contributed by atoms with van der Waals surface area (Å²) in [6.07, 6.45) is 0. The molecule has 0 aromatic rings. The average molecular weight is 133 g/mol. The van der Waals surface area contributed by atoms with Crippen molar-refractivity contribution in [3.63, 3.8) is 0 Å². The van der Waals surface area contributed by atoms with Crippen molar-refractivity contribution in [2.45, 2.75) is 13.8 Å². The van der Waals surface area contributed by atoms with Crippen LogP contribution >= 0.6 is 0 Å². The predicted molar refractivity (Wildman–Crippen MR) is 33.3 cm³/mol. The van der Waals surface area contributed by atoms with Gasteiger partial charge < -0.3 is 10.5 Å². The molecule has 0 aliphatic rings. The monoisotopic (exact) mass is 133 g/mol. The van der Waals surface area contributed by atoms with Crippen LogP contribution in [0.15, 0.2) is 0 Å². The van der Waals surface area contributed by atoms with Crippen LogP contribution in [0.1, 0.15) is 13.8 Å². The van der Waals surface area contributed by atoms with Crippen molar-refractivity contribution in [3.05, 3.63) is 0 Å². The number of carbonyl (C=O) groups is 2. The van der Waals surface area contributed by atoms with Crippen molar-refractivity contribution in [2.75, 3.05) is 0 Å². The molecule has 5 heteroatoms. The van der Waals surface area contributed by atoms with Crippen molar-refractivity contribution >= 4 is 11.8 Å². The first-order valence-corrected chi connectivity index (χ1v) is 2.24. The molecule has 0 bridgehead atoms. The van der Waals surface area contributed by atoms with Crippen molar-refractivity contribution in [1.29, 1.82) is 0 Å². The van der Waals surface area contributed by atoms with Crippen LogP contribution in [0.25, 0.3) is 0 Å². The van der Waals surface area contributed by atoms with Gasteiger partial charge in [0, 0.05) is 0 Å². The molecule has 0 radical (unpaired) electrons. The predicted octanol–water partition coefficient (Wildman–Crippen LogP) is -0.876. The number of hydrogen-bond donors (Lipinski definition) is 3. The lowest BCUT2D eigenvalue weighted by Gasteiger charge is -1.81. The molecule has 0 fully saturated rings. The van der Waals surface area contributed by atoms with E-state index in [2.05, 4.69) is 11.6 Å². The summed E-state index contributed by atoms with van der Waals surface area (Å²) in [5, 5.41) is 0. The Labute approximate surface area is 53.4 Å². The second-order valence-electron chi connectivity index (χ2n) is 1.42. The number of nitrogens with one attached hydrogen (secondary N) is 1. The van der Waals surface area contributed by atoms with Gasteiger partial charge in [-0.1, -0.05) is 0 Å². The molecule has 0 aromatic carbocycles. The third-order valence-corrected chi connectivity index (χ3v) is 0.142. The number of ketones is 1. The Balaban J connectivity index is 0. The van der Waals surface area contributed by atoms with Gasteiger partial charge >= 0.3 is 6.03 Å². The van der Waals surface area contributed by atoms with Gasteiger partial charge in [0.1, 0.15) is 5.78 Å². The summed E-state index contributed by atoms with van der Waals surface area (Å²) in [5.74, 6) is 4.61. The lowest BCUT2D eigenvalue weighted by molar-refractivity contribution is -0.114. The third kappa shape index (κ3) is 205. The van der Waals surface area contributed by atoms with Gasteiger partial charge in [0.05, 0.1) is 0 Å². The summed E-state index contributed by atoms with van der Waals surface area (Å²) >= 11 is 0. The number of carbonyl (C=O) groups excluding carboxylic acids is 2. The van der Waals surface area contributed by atoms with Crippen LogP contribution in [0.2, 0.25) is 0 Å². The molecule has 0 aliphatic heterocycles. The van der Waals surface area contributed by atoms with E-state index in [1.54, 1.807) is 5.43 Å². The van der Waals surface area contributed by atoms with Crippen LogP contribution in [0.3, 0.4) is 0 Å². The van der Waals surface area contributed by atoms with Gasteiger partial charge in [-0.2, -0.15) is 0 Å². The maximum Gasteiger partial charge on any atom is 0.326 e. The molecule has 0 heterocycles. The molecular weight excluding hydrogens is 122 g/mol. The third-order valence-electron chi connectivity index (χ3n) is 0.142. The van der Waals surface area contributed by atoms with E-state index in [0.29, 0.717) is 0 Å². The van der Waals surface area contributed by atoms with E-state index in [9.17, 15) is 9.59 Å². The lowest BCUT2D eigenvalue weighted by Crippen LogP contribution is -2.34. The van der Waals surface area contributed by atoms with Crippen LogP contribution < -0.4 is 17.0 Å². The van der Waals surface area contributed by atoms with Crippen molar-refractivity contribution in [3.8, 4) is 0 Å². The summed E-state index contributed by atoms with van der Waals surface area (Å²) in [7, 11) is 0. The lowest BCUT2D eigenvalue weighted by atomic mass is 10.6. The normalized spacial score (nSPS) is 6.56. The fraction of sp³-hybridized carbons (Fsp3) is 0.500. The molecule has 0 saturated carbocycles. The van der Waals surface area contributed by atoms with E-state index in [1.165, 1.54) is 13.8 Å². The first-order valence-electron chi connectivity index (χ1n) is 2.24. The Morgan fingerprint density at radius 1 is 1.33 bits per heavy atom. The number of urea groups is 1. The molecule has 0 atom stereocenters. The number of Topliss-reactive ketones (excluding diaryl/α,β-unsaturated/α-hetero) is 1. The quantitative estimate of drug-likeness (QED) is 0.227. The smallest absolute Gasteiger partial charge is 0.326 e. The highest BCUT2D eigenvalue weighted by Crippen LogP contribution is 1.50. The van der Waals surface area contributed by atoms with E-state index >= 15 is 0 Å². The Bertz CT molecular complexity index is 98.0. The molecule has 5 N–H and O–H groups in total. The zero-order valence-corrected chi connectivity index (χ0v) is 5.47. The van der Waals surface area contributed by atoms with Crippen LogP contribution in [-0.2, 0) is 4.79 Å². The second kappa shape index (κ2) is 6.90. The van der Waals surface area contributed by atoms with Crippen molar-refractivity contribution < 1.29 is 9.59 Å². The van der Waals surface area contributed by atoms with E-state index in [4.69, 9.17) is 0 Å². The Kier molecular flexibility index (Phi) is 8.28. The first kappa shape index (κ1) is 10.8. The van der Waals surface area contributed by atoms with Gasteiger partial charge in [-0.25, -0.2) is 10.6 Å². The van der Waals surface area contributed by atoms with Gasteiger partial charge in [-0.05, 0) is 13.8 Å². The van der Waals surface area contributed by atoms with Gasteiger partial charge in [0.25, 0.3) is 0 Å². The van der Waals surface area contributed by atoms with Crippen molar-refractivity contribution in [2.24, 2.45) is 11.6 Å². The highest BCUT2D eigenvalue weighted by molar-refractivity contribution is 5.72. The molecule has 54 valence electrons. The number of primary amides is 1. The molecule has 9 heavy (non-hydrogen) atoms. The largest absolute Gasteiger partial charge is 0.351 e. The Morgan fingerprint density at radius 2 is 1.44 bits per heavy atom. The van der Waals surface area contributed by atoms with Gasteiger partial charge in [-0.3, -0.25) is 5.43 Å². The minimum absolute atomic E-state index is 0.167. The molecule has 0 spiro atoms. The van der Waals surface area contributed by atoms with E-state index in [0.717, 1.165) is 0 Å². The molecule has 5 nitrogen and oxygen atoms in total.